The second-order valence-corrected chi connectivity index (χ2v) is 6.33. The SMILES string of the molecule is CC(C)CC(N)c1cc(C(C)(C)C)ccc1N. The van der Waals surface area contributed by atoms with Crippen LogP contribution in [0.1, 0.15) is 58.2 Å². The quantitative estimate of drug-likeness (QED) is 0.785. The van der Waals surface area contributed by atoms with Crippen LogP contribution in [-0.4, -0.2) is 0 Å². The van der Waals surface area contributed by atoms with Gasteiger partial charge in [-0.05, 0) is 34.9 Å². The molecule has 2 heteroatoms. The molecule has 0 aliphatic carbocycles. The molecule has 1 unspecified atom stereocenters. The van der Waals surface area contributed by atoms with Crippen molar-refractivity contribution in [1.29, 1.82) is 0 Å². The molecule has 0 aliphatic heterocycles. The lowest BCUT2D eigenvalue weighted by atomic mass is 9.84. The molecular weight excluding hydrogens is 208 g/mol. The Morgan fingerprint density at radius 3 is 2.24 bits per heavy atom. The van der Waals surface area contributed by atoms with Crippen LogP contribution in [0.2, 0.25) is 0 Å². The van der Waals surface area contributed by atoms with Crippen LogP contribution in [0.15, 0.2) is 18.2 Å². The lowest BCUT2D eigenvalue weighted by Crippen LogP contribution is -2.17. The van der Waals surface area contributed by atoms with Gasteiger partial charge in [-0.1, -0.05) is 46.8 Å². The van der Waals surface area contributed by atoms with Gasteiger partial charge in [0.05, 0.1) is 0 Å². The van der Waals surface area contributed by atoms with E-state index in [0.717, 1.165) is 17.7 Å². The van der Waals surface area contributed by atoms with E-state index in [1.807, 2.05) is 6.07 Å². The molecule has 0 fully saturated rings. The van der Waals surface area contributed by atoms with Gasteiger partial charge in [0.15, 0.2) is 0 Å². The van der Waals surface area contributed by atoms with Gasteiger partial charge in [-0.3, -0.25) is 0 Å². The van der Waals surface area contributed by atoms with Gasteiger partial charge >= 0.3 is 0 Å². The highest BCUT2D eigenvalue weighted by Crippen LogP contribution is 2.30. The van der Waals surface area contributed by atoms with Crippen molar-refractivity contribution in [2.45, 2.75) is 52.5 Å². The van der Waals surface area contributed by atoms with E-state index in [1.165, 1.54) is 5.56 Å². The lowest BCUT2D eigenvalue weighted by Gasteiger charge is -2.23. The van der Waals surface area contributed by atoms with Crippen molar-refractivity contribution in [1.82, 2.24) is 0 Å². The number of nitrogens with two attached hydrogens (primary N) is 2. The summed E-state index contributed by atoms with van der Waals surface area (Å²) in [7, 11) is 0. The van der Waals surface area contributed by atoms with E-state index in [2.05, 4.69) is 46.8 Å². The topological polar surface area (TPSA) is 52.0 Å². The molecular formula is C15H26N2. The molecule has 0 radical (unpaired) electrons. The second kappa shape index (κ2) is 5.09. The molecule has 0 saturated carbocycles. The number of hydrogen-bond acceptors (Lipinski definition) is 2. The van der Waals surface area contributed by atoms with Gasteiger partial charge in [0.1, 0.15) is 0 Å². The molecule has 96 valence electrons. The van der Waals surface area contributed by atoms with Crippen molar-refractivity contribution in [2.75, 3.05) is 5.73 Å². The van der Waals surface area contributed by atoms with Gasteiger partial charge in [-0.2, -0.15) is 0 Å². The Morgan fingerprint density at radius 2 is 1.76 bits per heavy atom. The fourth-order valence-corrected chi connectivity index (χ4v) is 2.00. The van der Waals surface area contributed by atoms with Crippen LogP contribution in [0, 0.1) is 5.92 Å². The molecule has 0 spiro atoms. The summed E-state index contributed by atoms with van der Waals surface area (Å²) in [6.07, 6.45) is 0.970. The Morgan fingerprint density at radius 1 is 1.18 bits per heavy atom. The maximum absolute atomic E-state index is 6.23. The predicted molar refractivity (Wildman–Crippen MR) is 75.9 cm³/mol. The maximum atomic E-state index is 6.23. The third-order valence-electron chi connectivity index (χ3n) is 3.08. The summed E-state index contributed by atoms with van der Waals surface area (Å²) in [6, 6.07) is 6.29. The van der Waals surface area contributed by atoms with Crippen LogP contribution in [0.4, 0.5) is 5.69 Å². The van der Waals surface area contributed by atoms with Crippen LogP contribution in [0.25, 0.3) is 0 Å². The zero-order valence-corrected chi connectivity index (χ0v) is 11.7. The summed E-state index contributed by atoms with van der Waals surface area (Å²) in [6.45, 7) is 11.0. The average molecular weight is 234 g/mol. The van der Waals surface area contributed by atoms with Crippen LogP contribution < -0.4 is 11.5 Å². The fraction of sp³-hybridized carbons (Fsp3) is 0.600. The molecule has 17 heavy (non-hydrogen) atoms. The monoisotopic (exact) mass is 234 g/mol. The zero-order chi connectivity index (χ0) is 13.2. The van der Waals surface area contributed by atoms with Crippen LogP contribution in [0.3, 0.4) is 0 Å². The van der Waals surface area contributed by atoms with Crippen LogP contribution >= 0.6 is 0 Å². The molecule has 4 N–H and O–H groups in total. The molecule has 0 aromatic heterocycles. The van der Waals surface area contributed by atoms with Gasteiger partial charge in [-0.15, -0.1) is 0 Å². The molecule has 2 nitrogen and oxygen atoms in total. The summed E-state index contributed by atoms with van der Waals surface area (Å²) in [4.78, 5) is 0. The summed E-state index contributed by atoms with van der Waals surface area (Å²) >= 11 is 0. The summed E-state index contributed by atoms with van der Waals surface area (Å²) in [5.74, 6) is 0.586. The minimum atomic E-state index is 0.0392. The summed E-state index contributed by atoms with van der Waals surface area (Å²) in [5, 5.41) is 0. The third-order valence-corrected chi connectivity index (χ3v) is 3.08. The minimum Gasteiger partial charge on any atom is -0.398 e. The van der Waals surface area contributed by atoms with E-state index in [1.54, 1.807) is 0 Å². The molecule has 0 amide bonds. The first-order valence-corrected chi connectivity index (χ1v) is 6.37. The van der Waals surface area contributed by atoms with Crippen molar-refractivity contribution in [2.24, 2.45) is 11.7 Å². The molecule has 0 heterocycles. The highest BCUT2D eigenvalue weighted by Gasteiger charge is 2.17. The first-order chi connectivity index (χ1) is 7.71. The number of rotatable bonds is 3. The first kappa shape index (κ1) is 14.0. The molecule has 0 bridgehead atoms. The van der Waals surface area contributed by atoms with Gasteiger partial charge in [0, 0.05) is 11.7 Å². The molecule has 0 aliphatic rings. The van der Waals surface area contributed by atoms with E-state index in [0.29, 0.717) is 5.92 Å². The van der Waals surface area contributed by atoms with Crippen molar-refractivity contribution >= 4 is 5.69 Å². The van der Waals surface area contributed by atoms with E-state index >= 15 is 0 Å². The smallest absolute Gasteiger partial charge is 0.0362 e. The predicted octanol–water partition coefficient (Wildman–Crippen LogP) is 3.61. The Labute approximate surface area is 105 Å². The van der Waals surface area contributed by atoms with Crippen molar-refractivity contribution in [3.05, 3.63) is 29.3 Å². The maximum Gasteiger partial charge on any atom is 0.0362 e. The normalized spacial score (nSPS) is 14.1. The number of anilines is 1. The Hall–Kier alpha value is -1.02. The summed E-state index contributed by atoms with van der Waals surface area (Å²) in [5.41, 5.74) is 15.6. The van der Waals surface area contributed by atoms with E-state index in [9.17, 15) is 0 Å². The number of benzene rings is 1. The minimum absolute atomic E-state index is 0.0392. The van der Waals surface area contributed by atoms with Crippen LogP contribution in [0.5, 0.6) is 0 Å². The van der Waals surface area contributed by atoms with E-state index in [-0.39, 0.29) is 11.5 Å². The van der Waals surface area contributed by atoms with E-state index < -0.39 is 0 Å². The average Bonchev–Trinajstić information content (AvgIpc) is 2.15. The van der Waals surface area contributed by atoms with Gasteiger partial charge in [-0.25, -0.2) is 0 Å². The Bertz CT molecular complexity index is 375. The zero-order valence-electron chi connectivity index (χ0n) is 11.7. The number of hydrogen-bond donors (Lipinski definition) is 2. The Balaban J connectivity index is 3.06. The van der Waals surface area contributed by atoms with E-state index in [4.69, 9.17) is 11.5 Å². The van der Waals surface area contributed by atoms with Gasteiger partial charge < -0.3 is 11.5 Å². The molecule has 1 aromatic rings. The molecule has 1 rings (SSSR count). The second-order valence-electron chi connectivity index (χ2n) is 6.33. The highest BCUT2D eigenvalue weighted by atomic mass is 14.7. The fourth-order valence-electron chi connectivity index (χ4n) is 2.00. The van der Waals surface area contributed by atoms with Gasteiger partial charge in [0.25, 0.3) is 0 Å². The third kappa shape index (κ3) is 3.74. The van der Waals surface area contributed by atoms with Gasteiger partial charge in [0.2, 0.25) is 0 Å². The summed E-state index contributed by atoms with van der Waals surface area (Å²) < 4.78 is 0. The van der Waals surface area contributed by atoms with Crippen molar-refractivity contribution < 1.29 is 0 Å². The first-order valence-electron chi connectivity index (χ1n) is 6.37. The largest absolute Gasteiger partial charge is 0.398 e. The van der Waals surface area contributed by atoms with Crippen molar-refractivity contribution in [3.8, 4) is 0 Å². The molecule has 0 saturated heterocycles. The highest BCUT2D eigenvalue weighted by molar-refractivity contribution is 5.51. The molecule has 1 atom stereocenters. The lowest BCUT2D eigenvalue weighted by molar-refractivity contribution is 0.509. The number of nitrogen functional groups attached to an aromatic ring is 1. The van der Waals surface area contributed by atoms with Crippen LogP contribution in [-0.2, 0) is 5.41 Å². The standard InChI is InChI=1S/C15H26N2/c1-10(2)8-14(17)12-9-11(15(3,4)5)6-7-13(12)16/h6-7,9-10,14H,8,16-17H2,1-5H3. The molecule has 1 aromatic carbocycles. The Kier molecular flexibility index (Phi) is 4.21. The van der Waals surface area contributed by atoms with Crippen molar-refractivity contribution in [3.63, 3.8) is 0 Å².